The first kappa shape index (κ1) is 15.5. The van der Waals surface area contributed by atoms with Crippen LogP contribution in [0.15, 0.2) is 24.3 Å². The van der Waals surface area contributed by atoms with Crippen molar-refractivity contribution in [2.75, 3.05) is 13.1 Å². The number of hydrogen-bond acceptors (Lipinski definition) is 2. The zero-order valence-electron chi connectivity index (χ0n) is 12.5. The summed E-state index contributed by atoms with van der Waals surface area (Å²) in [6.07, 6.45) is 4.69. The third kappa shape index (κ3) is 4.59. The number of aryl methyl sites for hydroxylation is 1. The molecule has 0 spiro atoms. The average molecular weight is 289 g/mol. The van der Waals surface area contributed by atoms with E-state index in [0.717, 1.165) is 25.1 Å². The molecule has 4 nitrogen and oxygen atoms in total. The number of carbonyl (C=O) groups is 2. The number of amides is 1. The highest BCUT2D eigenvalue weighted by Gasteiger charge is 2.19. The molecule has 1 aliphatic rings. The number of likely N-dealkylation sites (tertiary alicyclic amines) is 1. The first-order valence-electron chi connectivity index (χ1n) is 7.66. The van der Waals surface area contributed by atoms with Gasteiger partial charge in [0, 0.05) is 19.5 Å². The normalized spacial score (nSPS) is 19.1. The minimum atomic E-state index is -0.920. The summed E-state index contributed by atoms with van der Waals surface area (Å²) in [6.45, 7) is 3.95. The van der Waals surface area contributed by atoms with Crippen LogP contribution < -0.4 is 0 Å². The highest BCUT2D eigenvalue weighted by atomic mass is 16.4. The lowest BCUT2D eigenvalue weighted by molar-refractivity contribution is -0.131. The van der Waals surface area contributed by atoms with Crippen LogP contribution >= 0.6 is 0 Å². The number of carboxylic acid groups (broad SMARTS) is 1. The van der Waals surface area contributed by atoms with Crippen molar-refractivity contribution in [3.63, 3.8) is 0 Å². The maximum Gasteiger partial charge on any atom is 0.335 e. The molecule has 0 saturated carbocycles. The van der Waals surface area contributed by atoms with Crippen molar-refractivity contribution in [3.05, 3.63) is 35.4 Å². The van der Waals surface area contributed by atoms with Gasteiger partial charge in [0.05, 0.1) is 5.56 Å². The second kappa shape index (κ2) is 7.25. The lowest BCUT2D eigenvalue weighted by atomic mass is 10.1. The minimum Gasteiger partial charge on any atom is -0.478 e. The molecule has 4 heteroatoms. The van der Waals surface area contributed by atoms with Gasteiger partial charge in [-0.25, -0.2) is 4.79 Å². The summed E-state index contributed by atoms with van der Waals surface area (Å²) in [6, 6.07) is 6.77. The molecule has 0 bridgehead atoms. The molecule has 1 fully saturated rings. The van der Waals surface area contributed by atoms with Crippen LogP contribution in [0.4, 0.5) is 0 Å². The van der Waals surface area contributed by atoms with Gasteiger partial charge in [-0.3, -0.25) is 4.79 Å². The standard InChI is InChI=1S/C17H23NO3/c1-13-4-2-3-11-18(12-13)16(19)10-7-14-5-8-15(9-6-14)17(20)21/h5-6,8-9,13H,2-4,7,10-12H2,1H3,(H,20,21). The first-order valence-corrected chi connectivity index (χ1v) is 7.66. The number of carbonyl (C=O) groups excluding carboxylic acids is 1. The highest BCUT2D eigenvalue weighted by Crippen LogP contribution is 2.17. The van der Waals surface area contributed by atoms with Gasteiger partial charge in [-0.05, 0) is 42.9 Å². The Labute approximate surface area is 125 Å². The summed E-state index contributed by atoms with van der Waals surface area (Å²) in [5.41, 5.74) is 1.29. The number of rotatable bonds is 4. The maximum absolute atomic E-state index is 12.3. The predicted octanol–water partition coefficient (Wildman–Crippen LogP) is 2.97. The molecule has 1 aromatic carbocycles. The number of carboxylic acids is 1. The lowest BCUT2D eigenvalue weighted by Gasteiger charge is -2.22. The van der Waals surface area contributed by atoms with Gasteiger partial charge in [0.25, 0.3) is 0 Å². The van der Waals surface area contributed by atoms with Crippen LogP contribution in [0, 0.1) is 5.92 Å². The van der Waals surface area contributed by atoms with Gasteiger partial charge in [-0.2, -0.15) is 0 Å². The van der Waals surface area contributed by atoms with Gasteiger partial charge in [-0.15, -0.1) is 0 Å². The summed E-state index contributed by atoms with van der Waals surface area (Å²) >= 11 is 0. The number of hydrogen-bond donors (Lipinski definition) is 1. The molecule has 1 unspecified atom stereocenters. The van der Waals surface area contributed by atoms with Crippen LogP contribution in [0.3, 0.4) is 0 Å². The molecule has 1 atom stereocenters. The molecule has 0 radical (unpaired) electrons. The Hall–Kier alpha value is -1.84. The molecule has 1 saturated heterocycles. The first-order chi connectivity index (χ1) is 10.1. The van der Waals surface area contributed by atoms with E-state index in [1.807, 2.05) is 4.90 Å². The Morgan fingerprint density at radius 1 is 1.24 bits per heavy atom. The molecule has 1 aliphatic heterocycles. The topological polar surface area (TPSA) is 57.6 Å². The average Bonchev–Trinajstić information content (AvgIpc) is 2.70. The molecular formula is C17H23NO3. The summed E-state index contributed by atoms with van der Waals surface area (Å²) in [5, 5.41) is 8.85. The van der Waals surface area contributed by atoms with E-state index in [4.69, 9.17) is 5.11 Å². The molecule has 0 aliphatic carbocycles. The van der Waals surface area contributed by atoms with E-state index in [9.17, 15) is 9.59 Å². The van der Waals surface area contributed by atoms with E-state index in [1.54, 1.807) is 24.3 Å². The Morgan fingerprint density at radius 2 is 1.95 bits per heavy atom. The van der Waals surface area contributed by atoms with Crippen molar-refractivity contribution in [1.82, 2.24) is 4.90 Å². The van der Waals surface area contributed by atoms with E-state index >= 15 is 0 Å². The third-order valence-electron chi connectivity index (χ3n) is 4.09. The van der Waals surface area contributed by atoms with Crippen LogP contribution in [-0.4, -0.2) is 35.0 Å². The van der Waals surface area contributed by atoms with Crippen molar-refractivity contribution >= 4 is 11.9 Å². The van der Waals surface area contributed by atoms with Gasteiger partial charge >= 0.3 is 5.97 Å². The van der Waals surface area contributed by atoms with E-state index in [0.29, 0.717) is 18.8 Å². The fourth-order valence-electron chi connectivity index (χ4n) is 2.80. The van der Waals surface area contributed by atoms with Crippen molar-refractivity contribution < 1.29 is 14.7 Å². The van der Waals surface area contributed by atoms with E-state index < -0.39 is 5.97 Å². The second-order valence-electron chi connectivity index (χ2n) is 5.94. The molecule has 1 N–H and O–H groups in total. The van der Waals surface area contributed by atoms with Gasteiger partial charge in [0.1, 0.15) is 0 Å². The van der Waals surface area contributed by atoms with Gasteiger partial charge in [0.15, 0.2) is 0 Å². The SMILES string of the molecule is CC1CCCCN(C(=O)CCc2ccc(C(=O)O)cc2)C1. The molecule has 1 amide bonds. The van der Waals surface area contributed by atoms with Crippen LogP contribution in [-0.2, 0) is 11.2 Å². The van der Waals surface area contributed by atoms with Crippen LogP contribution in [0.5, 0.6) is 0 Å². The van der Waals surface area contributed by atoms with Crippen molar-refractivity contribution in [2.45, 2.75) is 39.0 Å². The fraction of sp³-hybridized carbons (Fsp3) is 0.529. The smallest absolute Gasteiger partial charge is 0.335 e. The molecule has 1 heterocycles. The Balaban J connectivity index is 1.86. The number of aromatic carboxylic acids is 1. The molecule has 21 heavy (non-hydrogen) atoms. The molecule has 1 aromatic rings. The zero-order chi connectivity index (χ0) is 15.2. The molecular weight excluding hydrogens is 266 g/mol. The lowest BCUT2D eigenvalue weighted by Crippen LogP contribution is -2.34. The maximum atomic E-state index is 12.3. The van der Waals surface area contributed by atoms with Crippen molar-refractivity contribution in [1.29, 1.82) is 0 Å². The Kier molecular flexibility index (Phi) is 5.37. The fourth-order valence-corrected chi connectivity index (χ4v) is 2.80. The summed E-state index contributed by atoms with van der Waals surface area (Å²) < 4.78 is 0. The number of benzene rings is 1. The quantitative estimate of drug-likeness (QED) is 0.927. The monoisotopic (exact) mass is 289 g/mol. The van der Waals surface area contributed by atoms with E-state index in [2.05, 4.69) is 6.92 Å². The van der Waals surface area contributed by atoms with Gasteiger partial charge in [-0.1, -0.05) is 25.5 Å². The largest absolute Gasteiger partial charge is 0.478 e. The molecule has 2 rings (SSSR count). The van der Waals surface area contributed by atoms with Crippen LogP contribution in [0.25, 0.3) is 0 Å². The summed E-state index contributed by atoms with van der Waals surface area (Å²) in [5.74, 6) is -0.117. The van der Waals surface area contributed by atoms with Crippen molar-refractivity contribution in [2.24, 2.45) is 5.92 Å². The summed E-state index contributed by atoms with van der Waals surface area (Å²) in [7, 11) is 0. The zero-order valence-corrected chi connectivity index (χ0v) is 12.5. The van der Waals surface area contributed by atoms with Gasteiger partial charge < -0.3 is 10.0 Å². The third-order valence-corrected chi connectivity index (χ3v) is 4.09. The molecule has 0 aromatic heterocycles. The van der Waals surface area contributed by atoms with Crippen molar-refractivity contribution in [3.8, 4) is 0 Å². The summed E-state index contributed by atoms with van der Waals surface area (Å²) in [4.78, 5) is 25.1. The molecule has 114 valence electrons. The number of nitrogens with zero attached hydrogens (tertiary/aromatic N) is 1. The van der Waals surface area contributed by atoms with Crippen LogP contribution in [0.1, 0.15) is 48.5 Å². The Morgan fingerprint density at radius 3 is 2.62 bits per heavy atom. The minimum absolute atomic E-state index is 0.214. The predicted molar refractivity (Wildman–Crippen MR) is 81.3 cm³/mol. The van der Waals surface area contributed by atoms with E-state index in [1.165, 1.54) is 12.8 Å². The van der Waals surface area contributed by atoms with E-state index in [-0.39, 0.29) is 11.5 Å². The Bertz CT molecular complexity index is 495. The van der Waals surface area contributed by atoms with Crippen LogP contribution in [0.2, 0.25) is 0 Å². The van der Waals surface area contributed by atoms with Gasteiger partial charge in [0.2, 0.25) is 5.91 Å². The second-order valence-corrected chi connectivity index (χ2v) is 5.94. The highest BCUT2D eigenvalue weighted by molar-refractivity contribution is 5.87.